The Morgan fingerprint density at radius 2 is 2.04 bits per heavy atom. The SMILES string of the molecule is O=C(Cn1nnc2ccccc2c1=O)Oc1cc(F)ccc1[N+](=O)[O-]. The van der Waals surface area contributed by atoms with Gasteiger partial charge in [0.25, 0.3) is 5.56 Å². The quantitative estimate of drug-likeness (QED) is 0.304. The summed E-state index contributed by atoms with van der Waals surface area (Å²) in [5, 5.41) is 18.5. The Bertz CT molecular complexity index is 1050. The Hall–Kier alpha value is -3.69. The smallest absolute Gasteiger partial charge is 0.333 e. The van der Waals surface area contributed by atoms with Crippen molar-refractivity contribution in [1.82, 2.24) is 15.0 Å². The zero-order chi connectivity index (χ0) is 18.0. The number of nitrogens with zero attached hydrogens (tertiary/aromatic N) is 4. The van der Waals surface area contributed by atoms with Crippen molar-refractivity contribution in [3.8, 4) is 5.75 Å². The van der Waals surface area contributed by atoms with E-state index in [0.29, 0.717) is 11.6 Å². The number of carbonyl (C=O) groups excluding carboxylic acids is 1. The standard InChI is InChI=1S/C15H9FN4O5/c16-9-5-6-12(20(23)24)13(7-9)25-14(21)8-19-15(22)10-3-1-2-4-11(10)17-18-19/h1-7H,8H2. The van der Waals surface area contributed by atoms with Gasteiger partial charge in [0.15, 0.2) is 0 Å². The van der Waals surface area contributed by atoms with Gasteiger partial charge in [-0.2, -0.15) is 4.68 Å². The molecular weight excluding hydrogens is 335 g/mol. The van der Waals surface area contributed by atoms with E-state index in [1.54, 1.807) is 18.2 Å². The molecule has 9 nitrogen and oxygen atoms in total. The summed E-state index contributed by atoms with van der Waals surface area (Å²) in [4.78, 5) is 34.3. The minimum absolute atomic E-state index is 0.252. The second kappa shape index (κ2) is 6.43. The van der Waals surface area contributed by atoms with Gasteiger partial charge in [-0.05, 0) is 18.2 Å². The zero-order valence-corrected chi connectivity index (χ0v) is 12.5. The number of aromatic nitrogens is 3. The average Bonchev–Trinajstić information content (AvgIpc) is 2.57. The summed E-state index contributed by atoms with van der Waals surface area (Å²) in [5.41, 5.74) is -0.791. The lowest BCUT2D eigenvalue weighted by atomic mass is 10.2. The molecule has 0 unspecified atom stereocenters. The molecule has 0 spiro atoms. The highest BCUT2D eigenvalue weighted by molar-refractivity contribution is 5.77. The van der Waals surface area contributed by atoms with Gasteiger partial charge in [-0.3, -0.25) is 14.9 Å². The number of benzene rings is 2. The minimum Gasteiger partial charge on any atom is -0.418 e. The Labute approximate surface area is 138 Å². The van der Waals surface area contributed by atoms with Crippen LogP contribution in [0.2, 0.25) is 0 Å². The van der Waals surface area contributed by atoms with Gasteiger partial charge in [0.05, 0.1) is 10.3 Å². The number of nitro groups is 1. The van der Waals surface area contributed by atoms with Gasteiger partial charge in [-0.15, -0.1) is 5.10 Å². The molecule has 0 atom stereocenters. The normalized spacial score (nSPS) is 10.6. The number of fused-ring (bicyclic) bond motifs is 1. The van der Waals surface area contributed by atoms with Crippen molar-refractivity contribution >= 4 is 22.6 Å². The van der Waals surface area contributed by atoms with Crippen LogP contribution in [0.1, 0.15) is 0 Å². The number of rotatable bonds is 4. The fourth-order valence-corrected chi connectivity index (χ4v) is 2.12. The number of hydrogen-bond acceptors (Lipinski definition) is 7. The molecule has 0 aliphatic carbocycles. The number of halogens is 1. The molecule has 3 aromatic rings. The summed E-state index contributed by atoms with van der Waals surface area (Å²) in [6.07, 6.45) is 0. The van der Waals surface area contributed by atoms with Crippen LogP contribution in [0, 0.1) is 15.9 Å². The minimum atomic E-state index is -1.03. The predicted octanol–water partition coefficient (Wildman–Crippen LogP) is 1.44. The molecule has 3 rings (SSSR count). The van der Waals surface area contributed by atoms with Crippen LogP contribution < -0.4 is 10.3 Å². The largest absolute Gasteiger partial charge is 0.418 e. The predicted molar refractivity (Wildman–Crippen MR) is 82.5 cm³/mol. The van der Waals surface area contributed by atoms with Crippen molar-refractivity contribution in [2.45, 2.75) is 6.54 Å². The van der Waals surface area contributed by atoms with Gasteiger partial charge < -0.3 is 4.74 Å². The summed E-state index contributed by atoms with van der Waals surface area (Å²) in [6, 6.07) is 8.87. The summed E-state index contributed by atoms with van der Waals surface area (Å²) < 4.78 is 18.8. The molecule has 2 aromatic carbocycles. The first-order chi connectivity index (χ1) is 12.0. The van der Waals surface area contributed by atoms with Crippen LogP contribution in [0.4, 0.5) is 10.1 Å². The van der Waals surface area contributed by atoms with E-state index in [1.165, 1.54) is 6.07 Å². The lowest BCUT2D eigenvalue weighted by Crippen LogP contribution is -2.29. The maximum atomic E-state index is 13.2. The van der Waals surface area contributed by atoms with E-state index in [9.17, 15) is 24.1 Å². The third-order valence-corrected chi connectivity index (χ3v) is 3.25. The van der Waals surface area contributed by atoms with Crippen LogP contribution in [0.3, 0.4) is 0 Å². The Morgan fingerprint density at radius 1 is 1.28 bits per heavy atom. The van der Waals surface area contributed by atoms with Crippen LogP contribution in [0.5, 0.6) is 5.75 Å². The molecule has 126 valence electrons. The van der Waals surface area contributed by atoms with E-state index >= 15 is 0 Å². The van der Waals surface area contributed by atoms with Gasteiger partial charge in [0.1, 0.15) is 17.9 Å². The fraction of sp³-hybridized carbons (Fsp3) is 0.0667. The topological polar surface area (TPSA) is 117 Å². The maximum absolute atomic E-state index is 13.2. The van der Waals surface area contributed by atoms with E-state index in [1.807, 2.05) is 0 Å². The molecule has 0 saturated carbocycles. The highest BCUT2D eigenvalue weighted by atomic mass is 19.1. The first-order valence-electron chi connectivity index (χ1n) is 6.93. The van der Waals surface area contributed by atoms with E-state index in [-0.39, 0.29) is 5.39 Å². The number of ether oxygens (including phenoxy) is 1. The van der Waals surface area contributed by atoms with Gasteiger partial charge in [0.2, 0.25) is 5.75 Å². The molecule has 0 aliphatic heterocycles. The first kappa shape index (κ1) is 16.2. The lowest BCUT2D eigenvalue weighted by Gasteiger charge is -2.06. The maximum Gasteiger partial charge on any atom is 0.333 e. The number of nitro benzene ring substituents is 1. The number of hydrogen-bond donors (Lipinski definition) is 0. The van der Waals surface area contributed by atoms with Gasteiger partial charge in [-0.1, -0.05) is 17.3 Å². The van der Waals surface area contributed by atoms with Crippen molar-refractivity contribution in [2.24, 2.45) is 0 Å². The Balaban J connectivity index is 1.87. The second-order valence-electron chi connectivity index (χ2n) is 4.91. The molecular formula is C15H9FN4O5. The molecule has 1 heterocycles. The third-order valence-electron chi connectivity index (χ3n) is 3.25. The monoisotopic (exact) mass is 344 g/mol. The number of esters is 1. The van der Waals surface area contributed by atoms with Crippen molar-refractivity contribution in [3.63, 3.8) is 0 Å². The molecule has 25 heavy (non-hydrogen) atoms. The summed E-state index contributed by atoms with van der Waals surface area (Å²) in [5.74, 6) is -2.40. The van der Waals surface area contributed by atoms with Crippen LogP contribution in [0.25, 0.3) is 10.9 Å². The third kappa shape index (κ3) is 3.32. The molecule has 1 aromatic heterocycles. The highest BCUT2D eigenvalue weighted by Gasteiger charge is 2.20. The van der Waals surface area contributed by atoms with E-state index in [0.717, 1.165) is 16.8 Å². The molecule has 0 amide bonds. The molecule has 0 fully saturated rings. The summed E-state index contributed by atoms with van der Waals surface area (Å²) in [7, 11) is 0. The zero-order valence-electron chi connectivity index (χ0n) is 12.5. The van der Waals surface area contributed by atoms with Crippen molar-refractivity contribution in [3.05, 3.63) is 68.7 Å². The first-order valence-corrected chi connectivity index (χ1v) is 6.93. The Kier molecular flexibility index (Phi) is 4.16. The second-order valence-corrected chi connectivity index (χ2v) is 4.91. The van der Waals surface area contributed by atoms with Crippen LogP contribution in [0.15, 0.2) is 47.3 Å². The average molecular weight is 344 g/mol. The highest BCUT2D eigenvalue weighted by Crippen LogP contribution is 2.27. The summed E-state index contributed by atoms with van der Waals surface area (Å²) >= 11 is 0. The lowest BCUT2D eigenvalue weighted by molar-refractivity contribution is -0.385. The van der Waals surface area contributed by atoms with Crippen LogP contribution in [-0.4, -0.2) is 25.9 Å². The van der Waals surface area contributed by atoms with Crippen molar-refractivity contribution in [2.75, 3.05) is 0 Å². The molecule has 10 heteroatoms. The van der Waals surface area contributed by atoms with Crippen LogP contribution >= 0.6 is 0 Å². The van der Waals surface area contributed by atoms with Gasteiger partial charge in [-0.25, -0.2) is 9.18 Å². The molecule has 0 radical (unpaired) electrons. The Morgan fingerprint density at radius 3 is 2.80 bits per heavy atom. The van der Waals surface area contributed by atoms with Gasteiger partial charge in [0, 0.05) is 12.1 Å². The van der Waals surface area contributed by atoms with E-state index in [4.69, 9.17) is 4.74 Å². The molecule has 0 aliphatic rings. The van der Waals surface area contributed by atoms with E-state index < -0.39 is 40.3 Å². The number of carbonyl (C=O) groups is 1. The van der Waals surface area contributed by atoms with E-state index in [2.05, 4.69) is 10.3 Å². The summed E-state index contributed by atoms with van der Waals surface area (Å²) in [6.45, 7) is -0.635. The van der Waals surface area contributed by atoms with Crippen molar-refractivity contribution in [1.29, 1.82) is 0 Å². The molecule has 0 saturated heterocycles. The van der Waals surface area contributed by atoms with Crippen molar-refractivity contribution < 1.29 is 18.8 Å². The van der Waals surface area contributed by atoms with Crippen LogP contribution in [-0.2, 0) is 11.3 Å². The van der Waals surface area contributed by atoms with Gasteiger partial charge >= 0.3 is 11.7 Å². The molecule has 0 bridgehead atoms. The molecule has 0 N–H and O–H groups in total. The fourth-order valence-electron chi connectivity index (χ4n) is 2.12.